The van der Waals surface area contributed by atoms with Crippen molar-refractivity contribution in [1.82, 2.24) is 9.55 Å². The summed E-state index contributed by atoms with van der Waals surface area (Å²) in [6.45, 7) is 5.97. The molecule has 8 heteroatoms. The predicted octanol–water partition coefficient (Wildman–Crippen LogP) is 2.43. The molecule has 0 unspecified atom stereocenters. The molecule has 29 heavy (non-hydrogen) atoms. The fourth-order valence-electron chi connectivity index (χ4n) is 2.97. The quantitative estimate of drug-likeness (QED) is 0.661. The number of benzene rings is 1. The van der Waals surface area contributed by atoms with Crippen LogP contribution in [-0.4, -0.2) is 22.6 Å². The first-order valence-corrected chi connectivity index (χ1v) is 9.51. The topological polar surface area (TPSA) is 110 Å². The van der Waals surface area contributed by atoms with Gasteiger partial charge in [-0.15, -0.1) is 0 Å². The maximum absolute atomic E-state index is 13.0. The first kappa shape index (κ1) is 22.0. The van der Waals surface area contributed by atoms with E-state index in [0.29, 0.717) is 24.3 Å². The summed E-state index contributed by atoms with van der Waals surface area (Å²) in [5.74, 6) is 0.142. The van der Waals surface area contributed by atoms with Gasteiger partial charge < -0.3 is 10.5 Å². The number of unbranched alkanes of at least 4 members (excludes halogenated alkanes) is 1. The van der Waals surface area contributed by atoms with Gasteiger partial charge in [-0.1, -0.05) is 37.1 Å². The average Bonchev–Trinajstić information content (AvgIpc) is 2.66. The molecule has 2 aromatic rings. The number of anilines is 2. The molecule has 2 rings (SSSR count). The molecule has 0 atom stereocenters. The third-order valence-electron chi connectivity index (χ3n) is 4.42. The molecule has 156 valence electrons. The van der Waals surface area contributed by atoms with Crippen LogP contribution < -0.4 is 26.6 Å². The van der Waals surface area contributed by atoms with Crippen LogP contribution in [-0.2, 0) is 17.9 Å². The second kappa shape index (κ2) is 9.77. The van der Waals surface area contributed by atoms with Crippen molar-refractivity contribution < 1.29 is 9.53 Å². The number of nitrogens with two attached hydrogens (primary N) is 1. The molecule has 0 bridgehead atoms. The van der Waals surface area contributed by atoms with Crippen molar-refractivity contribution in [3.05, 3.63) is 62.3 Å². The summed E-state index contributed by atoms with van der Waals surface area (Å²) < 4.78 is 6.67. The Bertz CT molecular complexity index is 1020. The van der Waals surface area contributed by atoms with Gasteiger partial charge in [0.25, 0.3) is 11.5 Å². The van der Waals surface area contributed by atoms with Crippen LogP contribution in [0.3, 0.4) is 0 Å². The highest BCUT2D eigenvalue weighted by Crippen LogP contribution is 2.25. The van der Waals surface area contributed by atoms with E-state index in [4.69, 9.17) is 10.5 Å². The number of hydrogen-bond acceptors (Lipinski definition) is 5. The van der Waals surface area contributed by atoms with Crippen molar-refractivity contribution in [3.63, 3.8) is 0 Å². The van der Waals surface area contributed by atoms with Crippen molar-refractivity contribution in [2.45, 2.75) is 46.7 Å². The third-order valence-corrected chi connectivity index (χ3v) is 4.42. The number of aromatic amines is 1. The smallest absolute Gasteiger partial charge is 0.330 e. The van der Waals surface area contributed by atoms with Crippen LogP contribution in [0.4, 0.5) is 11.5 Å². The lowest BCUT2D eigenvalue weighted by Crippen LogP contribution is -2.40. The Morgan fingerprint density at radius 3 is 2.59 bits per heavy atom. The van der Waals surface area contributed by atoms with E-state index in [1.807, 2.05) is 19.1 Å². The minimum atomic E-state index is -0.703. The zero-order chi connectivity index (χ0) is 21.6. The summed E-state index contributed by atoms with van der Waals surface area (Å²) in [6, 6.07) is 7.21. The highest BCUT2D eigenvalue weighted by atomic mass is 16.5. The van der Waals surface area contributed by atoms with Gasteiger partial charge in [-0.2, -0.15) is 0 Å². The maximum atomic E-state index is 13.0. The Labute approximate surface area is 169 Å². The van der Waals surface area contributed by atoms with Crippen molar-refractivity contribution in [2.75, 3.05) is 17.7 Å². The number of nitrogens with one attached hydrogen (secondary N) is 1. The van der Waals surface area contributed by atoms with Crippen LogP contribution >= 0.6 is 0 Å². The van der Waals surface area contributed by atoms with Gasteiger partial charge in [-0.05, 0) is 26.3 Å². The molecule has 3 N–H and O–H groups in total. The highest BCUT2D eigenvalue weighted by Gasteiger charge is 2.24. The number of methoxy groups -OCH3 is 1. The van der Waals surface area contributed by atoms with Gasteiger partial charge in [0.2, 0.25) is 0 Å². The summed E-state index contributed by atoms with van der Waals surface area (Å²) in [5, 5.41) is 0. The van der Waals surface area contributed by atoms with Crippen LogP contribution in [0.25, 0.3) is 0 Å². The first-order chi connectivity index (χ1) is 13.8. The second-order valence-electron chi connectivity index (χ2n) is 6.96. The van der Waals surface area contributed by atoms with Crippen molar-refractivity contribution in [1.29, 1.82) is 0 Å². The minimum absolute atomic E-state index is 0.0300. The lowest BCUT2D eigenvalue weighted by Gasteiger charge is -2.24. The molecule has 1 amide bonds. The van der Waals surface area contributed by atoms with Crippen LogP contribution in [0.15, 0.2) is 45.5 Å². The molecule has 1 aromatic heterocycles. The van der Waals surface area contributed by atoms with E-state index in [1.165, 1.54) is 22.7 Å². The van der Waals surface area contributed by atoms with Crippen LogP contribution in [0.2, 0.25) is 0 Å². The summed E-state index contributed by atoms with van der Waals surface area (Å²) >= 11 is 0. The number of hydrogen-bond donors (Lipinski definition) is 2. The molecule has 0 aliphatic carbocycles. The van der Waals surface area contributed by atoms with E-state index < -0.39 is 17.2 Å². The number of carbonyl (C=O) groups excluding carboxylic acids is 1. The summed E-state index contributed by atoms with van der Waals surface area (Å²) in [5.41, 5.74) is 6.36. The molecular formula is C21H28N4O4. The number of carbonyl (C=O) groups is 1. The van der Waals surface area contributed by atoms with E-state index in [0.717, 1.165) is 12.0 Å². The monoisotopic (exact) mass is 400 g/mol. The number of H-pyrrole nitrogens is 1. The van der Waals surface area contributed by atoms with Crippen LogP contribution in [0.1, 0.15) is 39.2 Å². The molecule has 0 spiro atoms. The largest absolute Gasteiger partial charge is 0.496 e. The number of rotatable bonds is 8. The highest BCUT2D eigenvalue weighted by molar-refractivity contribution is 6.03. The molecule has 8 nitrogen and oxygen atoms in total. The van der Waals surface area contributed by atoms with Gasteiger partial charge in [0, 0.05) is 18.2 Å². The molecule has 0 fully saturated rings. The molecule has 0 radical (unpaired) electrons. The van der Waals surface area contributed by atoms with Gasteiger partial charge in [0.15, 0.2) is 5.69 Å². The van der Waals surface area contributed by atoms with Gasteiger partial charge in [0.05, 0.1) is 13.7 Å². The summed E-state index contributed by atoms with van der Waals surface area (Å²) in [6.07, 6.45) is 2.99. The number of allylic oxidation sites excluding steroid dienone is 1. The Balaban J connectivity index is 2.66. The molecule has 1 heterocycles. The molecule has 0 aliphatic heterocycles. The number of amides is 1. The Morgan fingerprint density at radius 2 is 1.97 bits per heavy atom. The molecule has 0 aliphatic rings. The normalized spacial score (nSPS) is 10.5. The van der Waals surface area contributed by atoms with E-state index >= 15 is 0 Å². The molecule has 0 saturated heterocycles. The average molecular weight is 400 g/mol. The fraction of sp³-hybridized carbons (Fsp3) is 0.381. The van der Waals surface area contributed by atoms with E-state index in [2.05, 4.69) is 4.98 Å². The number of aromatic nitrogens is 2. The van der Waals surface area contributed by atoms with Crippen molar-refractivity contribution in [3.8, 4) is 5.75 Å². The molecular weight excluding hydrogens is 372 g/mol. The summed E-state index contributed by atoms with van der Waals surface area (Å²) in [7, 11) is 1.53. The van der Waals surface area contributed by atoms with E-state index in [9.17, 15) is 14.4 Å². The van der Waals surface area contributed by atoms with Gasteiger partial charge >= 0.3 is 5.69 Å². The Morgan fingerprint density at radius 1 is 1.28 bits per heavy atom. The van der Waals surface area contributed by atoms with Gasteiger partial charge in [-0.3, -0.25) is 24.0 Å². The van der Waals surface area contributed by atoms with E-state index in [-0.39, 0.29) is 18.1 Å². The fourth-order valence-corrected chi connectivity index (χ4v) is 2.97. The van der Waals surface area contributed by atoms with Crippen molar-refractivity contribution in [2.24, 2.45) is 0 Å². The van der Waals surface area contributed by atoms with Crippen LogP contribution in [0, 0.1) is 0 Å². The van der Waals surface area contributed by atoms with Crippen LogP contribution in [0.5, 0.6) is 5.75 Å². The lowest BCUT2D eigenvalue weighted by molar-refractivity contribution is -0.114. The number of ether oxygens (including phenoxy) is 1. The SMILES string of the molecule is CCCCn1c(N)c(N(Cc2ccccc2OC)C(=O)C=C(C)C)c(=O)[nH]c1=O. The second-order valence-corrected chi connectivity index (χ2v) is 6.96. The zero-order valence-electron chi connectivity index (χ0n) is 17.3. The molecule has 0 saturated carbocycles. The minimum Gasteiger partial charge on any atom is -0.496 e. The number of para-hydroxylation sites is 1. The number of nitrogens with zero attached hydrogens (tertiary/aromatic N) is 2. The van der Waals surface area contributed by atoms with Gasteiger partial charge in [-0.25, -0.2) is 4.79 Å². The zero-order valence-corrected chi connectivity index (χ0v) is 17.3. The standard InChI is InChI=1S/C21H28N4O4/c1-5-6-11-24-19(22)18(20(27)23-21(24)28)25(17(26)12-14(2)3)13-15-9-7-8-10-16(15)29-4/h7-10,12H,5-6,11,13,22H2,1-4H3,(H,23,27,28). The summed E-state index contributed by atoms with van der Waals surface area (Å²) in [4.78, 5) is 41.5. The predicted molar refractivity (Wildman–Crippen MR) is 114 cm³/mol. The third kappa shape index (κ3) is 5.16. The maximum Gasteiger partial charge on any atom is 0.330 e. The number of nitrogen functional groups attached to an aromatic ring is 1. The Kier molecular flexibility index (Phi) is 7.41. The lowest BCUT2D eigenvalue weighted by atomic mass is 10.1. The Hall–Kier alpha value is -3.29. The molecule has 1 aromatic carbocycles. The van der Waals surface area contributed by atoms with Gasteiger partial charge in [0.1, 0.15) is 11.6 Å². The van der Waals surface area contributed by atoms with Crippen molar-refractivity contribution >= 4 is 17.4 Å². The van der Waals surface area contributed by atoms with E-state index in [1.54, 1.807) is 26.0 Å². The first-order valence-electron chi connectivity index (χ1n) is 9.51.